The van der Waals surface area contributed by atoms with Gasteiger partial charge in [-0.15, -0.1) is 0 Å². The lowest BCUT2D eigenvalue weighted by Gasteiger charge is -2.32. The summed E-state index contributed by atoms with van der Waals surface area (Å²) in [6, 6.07) is 23.5. The van der Waals surface area contributed by atoms with Crippen molar-refractivity contribution in [3.05, 3.63) is 84.6 Å². The van der Waals surface area contributed by atoms with Crippen molar-refractivity contribution >= 4 is 21.2 Å². The normalized spacial score (nSPS) is 16.0. The van der Waals surface area contributed by atoms with Crippen LogP contribution in [0.5, 0.6) is 0 Å². The first-order valence-corrected chi connectivity index (χ1v) is 12.1. The number of imidazole rings is 1. The van der Waals surface area contributed by atoms with E-state index in [-0.39, 0.29) is 11.8 Å². The zero-order chi connectivity index (χ0) is 21.3. The molecule has 0 amide bonds. The van der Waals surface area contributed by atoms with E-state index in [1.807, 2.05) is 60.7 Å². The zero-order valence-corrected chi connectivity index (χ0v) is 17.9. The van der Waals surface area contributed by atoms with E-state index in [2.05, 4.69) is 21.7 Å². The van der Waals surface area contributed by atoms with Gasteiger partial charge in [0.1, 0.15) is 11.3 Å². The molecule has 2 aromatic carbocycles. The molecule has 0 aliphatic carbocycles. The number of sulfonamides is 1. The summed E-state index contributed by atoms with van der Waals surface area (Å²) in [6.07, 6.45) is 3.25. The Morgan fingerprint density at radius 1 is 0.871 bits per heavy atom. The first-order valence-electron chi connectivity index (χ1n) is 10.5. The van der Waals surface area contributed by atoms with E-state index in [1.165, 1.54) is 0 Å². The number of nitrogens with zero attached hydrogens (tertiary/aromatic N) is 4. The summed E-state index contributed by atoms with van der Waals surface area (Å²) in [6.45, 7) is 1.00. The molecule has 0 spiro atoms. The second-order valence-corrected chi connectivity index (χ2v) is 9.86. The van der Waals surface area contributed by atoms with Gasteiger partial charge in [0.25, 0.3) is 0 Å². The molecule has 0 atom stereocenters. The molecule has 2 aromatic heterocycles. The number of piperidine rings is 1. The molecule has 0 bridgehead atoms. The Balaban J connectivity index is 1.41. The molecule has 1 aliphatic rings. The Hall–Kier alpha value is -3.03. The number of hydrogen-bond acceptors (Lipinski definition) is 4. The molecule has 7 heteroatoms. The van der Waals surface area contributed by atoms with E-state index < -0.39 is 10.0 Å². The maximum Gasteiger partial charge on any atom is 0.218 e. The highest BCUT2D eigenvalue weighted by atomic mass is 32.2. The zero-order valence-electron chi connectivity index (χ0n) is 17.1. The molecular formula is C24H24N4O2S. The highest BCUT2D eigenvalue weighted by molar-refractivity contribution is 7.88. The predicted molar refractivity (Wildman–Crippen MR) is 122 cm³/mol. The Morgan fingerprint density at radius 3 is 2.26 bits per heavy atom. The molecule has 0 radical (unpaired) electrons. The predicted octanol–water partition coefficient (Wildman–Crippen LogP) is 4.27. The van der Waals surface area contributed by atoms with Gasteiger partial charge in [0, 0.05) is 30.9 Å². The number of hydrogen-bond donors (Lipinski definition) is 0. The number of aromatic nitrogens is 3. The minimum absolute atomic E-state index is 0.0450. The monoisotopic (exact) mass is 432 g/mol. The highest BCUT2D eigenvalue weighted by Crippen LogP contribution is 2.33. The Labute approximate surface area is 182 Å². The van der Waals surface area contributed by atoms with Crippen molar-refractivity contribution in [1.82, 2.24) is 18.8 Å². The third-order valence-electron chi connectivity index (χ3n) is 5.85. The maximum absolute atomic E-state index is 12.9. The molecule has 1 aliphatic heterocycles. The summed E-state index contributed by atoms with van der Waals surface area (Å²) in [5.41, 5.74) is 3.58. The van der Waals surface area contributed by atoms with Crippen LogP contribution in [0.4, 0.5) is 0 Å². The van der Waals surface area contributed by atoms with Gasteiger partial charge in [-0.1, -0.05) is 60.7 Å². The molecule has 6 nitrogen and oxygen atoms in total. The van der Waals surface area contributed by atoms with Gasteiger partial charge in [-0.3, -0.25) is 0 Å². The summed E-state index contributed by atoms with van der Waals surface area (Å²) in [7, 11) is -3.34. The van der Waals surface area contributed by atoms with Gasteiger partial charge in [-0.05, 0) is 30.5 Å². The molecule has 158 valence electrons. The SMILES string of the molecule is O=S(=O)(Cc1ccccc1)N1CCC(n2c(-c3ccccc3)nc3cccnc32)CC1. The minimum atomic E-state index is -3.34. The van der Waals surface area contributed by atoms with Gasteiger partial charge < -0.3 is 4.57 Å². The third-order valence-corrected chi connectivity index (χ3v) is 7.70. The fraction of sp³-hybridized carbons (Fsp3) is 0.250. The summed E-state index contributed by atoms with van der Waals surface area (Å²) >= 11 is 0. The van der Waals surface area contributed by atoms with E-state index in [1.54, 1.807) is 10.5 Å². The first-order chi connectivity index (χ1) is 15.1. The van der Waals surface area contributed by atoms with E-state index in [0.29, 0.717) is 13.1 Å². The average Bonchev–Trinajstić information content (AvgIpc) is 3.20. The fourth-order valence-corrected chi connectivity index (χ4v) is 5.88. The lowest BCUT2D eigenvalue weighted by atomic mass is 10.1. The molecule has 0 saturated carbocycles. The molecular weight excluding hydrogens is 408 g/mol. The quantitative estimate of drug-likeness (QED) is 0.472. The smallest absolute Gasteiger partial charge is 0.218 e. The lowest BCUT2D eigenvalue weighted by molar-refractivity contribution is 0.278. The van der Waals surface area contributed by atoms with Crippen molar-refractivity contribution in [2.24, 2.45) is 0 Å². The highest BCUT2D eigenvalue weighted by Gasteiger charge is 2.31. The molecule has 1 saturated heterocycles. The molecule has 31 heavy (non-hydrogen) atoms. The largest absolute Gasteiger partial charge is 0.305 e. The van der Waals surface area contributed by atoms with Gasteiger partial charge >= 0.3 is 0 Å². The maximum atomic E-state index is 12.9. The van der Waals surface area contributed by atoms with Crippen molar-refractivity contribution in [2.45, 2.75) is 24.6 Å². The summed E-state index contributed by atoms with van der Waals surface area (Å²) in [4.78, 5) is 9.45. The van der Waals surface area contributed by atoms with Gasteiger partial charge in [-0.2, -0.15) is 0 Å². The standard InChI is InChI=1S/C24H24N4O2S/c29-31(30,18-19-8-3-1-4-9-19)27-16-13-21(14-17-27)28-23(20-10-5-2-6-11-20)26-22-12-7-15-25-24(22)28/h1-12,15,21H,13-14,16-18H2. The van der Waals surface area contributed by atoms with Crippen LogP contribution in [0.2, 0.25) is 0 Å². The van der Waals surface area contributed by atoms with E-state index in [9.17, 15) is 8.42 Å². The number of benzene rings is 2. The summed E-state index contributed by atoms with van der Waals surface area (Å²) in [5, 5.41) is 0. The van der Waals surface area contributed by atoms with Crippen molar-refractivity contribution in [3.63, 3.8) is 0 Å². The lowest BCUT2D eigenvalue weighted by Crippen LogP contribution is -2.39. The van der Waals surface area contributed by atoms with Crippen LogP contribution in [0.3, 0.4) is 0 Å². The van der Waals surface area contributed by atoms with Crippen molar-refractivity contribution in [3.8, 4) is 11.4 Å². The van der Waals surface area contributed by atoms with Crippen LogP contribution in [0.25, 0.3) is 22.6 Å². The molecule has 3 heterocycles. The molecule has 5 rings (SSSR count). The van der Waals surface area contributed by atoms with Crippen LogP contribution < -0.4 is 0 Å². The van der Waals surface area contributed by atoms with Crippen LogP contribution in [0.15, 0.2) is 79.0 Å². The van der Waals surface area contributed by atoms with Crippen molar-refractivity contribution < 1.29 is 8.42 Å². The molecule has 1 fully saturated rings. The third kappa shape index (κ3) is 3.98. The molecule has 4 aromatic rings. The average molecular weight is 433 g/mol. The first kappa shape index (κ1) is 19.9. The minimum Gasteiger partial charge on any atom is -0.305 e. The molecule has 0 N–H and O–H groups in total. The number of fused-ring (bicyclic) bond motifs is 1. The van der Waals surface area contributed by atoms with E-state index >= 15 is 0 Å². The summed E-state index contributed by atoms with van der Waals surface area (Å²) < 4.78 is 29.7. The van der Waals surface area contributed by atoms with Gasteiger partial charge in [0.2, 0.25) is 10.0 Å². The van der Waals surface area contributed by atoms with Crippen LogP contribution in [-0.4, -0.2) is 40.3 Å². The summed E-state index contributed by atoms with van der Waals surface area (Å²) in [5.74, 6) is 0.934. The Bertz CT molecular complexity index is 1280. The van der Waals surface area contributed by atoms with E-state index in [0.717, 1.165) is 41.0 Å². The number of pyridine rings is 1. The van der Waals surface area contributed by atoms with E-state index in [4.69, 9.17) is 4.98 Å². The Morgan fingerprint density at radius 2 is 1.55 bits per heavy atom. The van der Waals surface area contributed by atoms with Gasteiger partial charge in [0.05, 0.1) is 5.75 Å². The van der Waals surface area contributed by atoms with Crippen LogP contribution in [0, 0.1) is 0 Å². The molecule has 0 unspecified atom stereocenters. The van der Waals surface area contributed by atoms with Gasteiger partial charge in [-0.25, -0.2) is 22.7 Å². The number of rotatable bonds is 5. The fourth-order valence-electron chi connectivity index (χ4n) is 4.32. The Kier molecular flexibility index (Phi) is 5.29. The second kappa shape index (κ2) is 8.24. The van der Waals surface area contributed by atoms with Crippen LogP contribution in [-0.2, 0) is 15.8 Å². The van der Waals surface area contributed by atoms with Crippen LogP contribution in [0.1, 0.15) is 24.4 Å². The van der Waals surface area contributed by atoms with Gasteiger partial charge in [0.15, 0.2) is 5.65 Å². The van der Waals surface area contributed by atoms with Crippen LogP contribution >= 0.6 is 0 Å². The second-order valence-electron chi connectivity index (χ2n) is 7.89. The van der Waals surface area contributed by atoms with Crippen molar-refractivity contribution in [1.29, 1.82) is 0 Å². The topological polar surface area (TPSA) is 68.1 Å². The van der Waals surface area contributed by atoms with Crippen molar-refractivity contribution in [2.75, 3.05) is 13.1 Å².